The van der Waals surface area contributed by atoms with Gasteiger partial charge in [0.05, 0.1) is 24.5 Å². The Morgan fingerprint density at radius 2 is 1.92 bits per heavy atom. The van der Waals surface area contributed by atoms with E-state index in [1.807, 2.05) is 31.3 Å². The Balaban J connectivity index is 2.33. The number of benzene rings is 1. The van der Waals surface area contributed by atoms with Crippen molar-refractivity contribution in [1.29, 1.82) is 0 Å². The zero-order valence-corrected chi connectivity index (χ0v) is 14.5. The first-order valence-corrected chi connectivity index (χ1v) is 8.29. The van der Waals surface area contributed by atoms with Gasteiger partial charge in [0.15, 0.2) is 17.8 Å². The number of methoxy groups -OCH3 is 2. The second kappa shape index (κ2) is 6.49. The van der Waals surface area contributed by atoms with Crippen molar-refractivity contribution in [3.63, 3.8) is 0 Å². The highest BCUT2D eigenvalue weighted by Gasteiger charge is 2.15. The van der Waals surface area contributed by atoms with Crippen molar-refractivity contribution in [2.24, 2.45) is 0 Å². The first kappa shape index (κ1) is 16.3. The summed E-state index contributed by atoms with van der Waals surface area (Å²) in [5.74, 6) is 1.26. The van der Waals surface area contributed by atoms with E-state index in [0.29, 0.717) is 28.3 Å². The van der Waals surface area contributed by atoms with Crippen LogP contribution in [0.4, 0.5) is 0 Å². The number of fused-ring (bicyclic) bond motifs is 1. The van der Waals surface area contributed by atoms with Crippen molar-refractivity contribution in [1.82, 2.24) is 4.57 Å². The van der Waals surface area contributed by atoms with E-state index < -0.39 is 0 Å². The van der Waals surface area contributed by atoms with Crippen LogP contribution in [0.3, 0.4) is 0 Å². The smallest absolute Gasteiger partial charge is 0.259 e. The number of aldehydes is 1. The summed E-state index contributed by atoms with van der Waals surface area (Å²) < 4.78 is 13.1. The highest BCUT2D eigenvalue weighted by Crippen LogP contribution is 2.37. The van der Waals surface area contributed by atoms with Crippen molar-refractivity contribution < 1.29 is 14.3 Å². The third-order valence-corrected chi connectivity index (χ3v) is 5.02. The molecular weight excluding hydrogens is 326 g/mol. The standard InChI is InChI=1S/C18H17NO4S/c1-4-19-9-14(11-5-6-15(22-2)16(7-11)23-3)17-13(18(19)21)8-12(10-20)24-17/h5-10H,4H2,1-3H3. The van der Waals surface area contributed by atoms with Gasteiger partial charge in [-0.15, -0.1) is 11.3 Å². The van der Waals surface area contributed by atoms with Crippen molar-refractivity contribution in [2.75, 3.05) is 14.2 Å². The number of aryl methyl sites for hydroxylation is 1. The Morgan fingerprint density at radius 1 is 1.17 bits per heavy atom. The number of nitrogens with zero attached hydrogens (tertiary/aromatic N) is 1. The van der Waals surface area contributed by atoms with Gasteiger partial charge >= 0.3 is 0 Å². The second-order valence-electron chi connectivity index (χ2n) is 5.21. The minimum absolute atomic E-state index is 0.0823. The van der Waals surface area contributed by atoms with Crippen LogP contribution in [0, 0.1) is 0 Å². The van der Waals surface area contributed by atoms with Gasteiger partial charge in [-0.3, -0.25) is 9.59 Å². The summed E-state index contributed by atoms with van der Waals surface area (Å²) in [7, 11) is 3.17. The van der Waals surface area contributed by atoms with Crippen molar-refractivity contribution in [2.45, 2.75) is 13.5 Å². The van der Waals surface area contributed by atoms with Gasteiger partial charge in [0.2, 0.25) is 0 Å². The Bertz CT molecular complexity index is 971. The molecular formula is C18H17NO4S. The third kappa shape index (κ3) is 2.59. The molecule has 24 heavy (non-hydrogen) atoms. The van der Waals surface area contributed by atoms with Gasteiger partial charge in [-0.25, -0.2) is 0 Å². The molecule has 0 unspecified atom stereocenters. The largest absolute Gasteiger partial charge is 0.493 e. The molecule has 0 saturated carbocycles. The van der Waals surface area contributed by atoms with Gasteiger partial charge in [0.1, 0.15) is 0 Å². The number of carbonyl (C=O) groups is 1. The van der Waals surface area contributed by atoms with Crippen LogP contribution in [0.1, 0.15) is 16.6 Å². The molecule has 0 aliphatic rings. The predicted molar refractivity (Wildman–Crippen MR) is 95.7 cm³/mol. The van der Waals surface area contributed by atoms with Crippen LogP contribution in [0.5, 0.6) is 11.5 Å². The predicted octanol–water partition coefficient (Wildman–Crippen LogP) is 3.58. The summed E-state index contributed by atoms with van der Waals surface area (Å²) in [6.07, 6.45) is 2.61. The van der Waals surface area contributed by atoms with Crippen LogP contribution in [0.25, 0.3) is 21.2 Å². The van der Waals surface area contributed by atoms with Gasteiger partial charge in [0.25, 0.3) is 5.56 Å². The molecule has 124 valence electrons. The normalized spacial score (nSPS) is 10.8. The maximum Gasteiger partial charge on any atom is 0.259 e. The maximum absolute atomic E-state index is 12.5. The highest BCUT2D eigenvalue weighted by atomic mass is 32.1. The SMILES string of the molecule is CCn1cc(-c2ccc(OC)c(OC)c2)c2sc(C=O)cc2c1=O. The highest BCUT2D eigenvalue weighted by molar-refractivity contribution is 7.21. The molecule has 0 spiro atoms. The lowest BCUT2D eigenvalue weighted by Crippen LogP contribution is -2.18. The van der Waals surface area contributed by atoms with Crippen LogP contribution >= 0.6 is 11.3 Å². The molecule has 2 aromatic heterocycles. The molecule has 2 heterocycles. The summed E-state index contributed by atoms with van der Waals surface area (Å²) in [4.78, 5) is 24.2. The van der Waals surface area contributed by atoms with Gasteiger partial charge in [0, 0.05) is 23.0 Å². The first-order chi connectivity index (χ1) is 11.6. The lowest BCUT2D eigenvalue weighted by molar-refractivity contribution is 0.112. The zero-order valence-electron chi connectivity index (χ0n) is 13.7. The molecule has 0 radical (unpaired) electrons. The van der Waals surface area contributed by atoms with E-state index in [9.17, 15) is 9.59 Å². The minimum Gasteiger partial charge on any atom is -0.493 e. The van der Waals surface area contributed by atoms with Gasteiger partial charge < -0.3 is 14.0 Å². The number of hydrogen-bond donors (Lipinski definition) is 0. The molecule has 0 aliphatic heterocycles. The Hall–Kier alpha value is -2.60. The fraction of sp³-hybridized carbons (Fsp3) is 0.222. The summed E-state index contributed by atoms with van der Waals surface area (Å²) in [5.41, 5.74) is 1.71. The van der Waals surface area contributed by atoms with Gasteiger partial charge in [-0.1, -0.05) is 6.07 Å². The fourth-order valence-electron chi connectivity index (χ4n) is 2.70. The van der Waals surface area contributed by atoms with Crippen molar-refractivity contribution in [3.8, 4) is 22.6 Å². The van der Waals surface area contributed by atoms with Crippen LogP contribution in [-0.2, 0) is 6.54 Å². The van der Waals surface area contributed by atoms with Gasteiger partial charge in [-0.05, 0) is 30.7 Å². The van der Waals surface area contributed by atoms with E-state index in [0.717, 1.165) is 22.1 Å². The average Bonchev–Trinajstić information content (AvgIpc) is 3.06. The summed E-state index contributed by atoms with van der Waals surface area (Å²) in [6.45, 7) is 2.47. The Kier molecular flexibility index (Phi) is 4.40. The number of rotatable bonds is 5. The average molecular weight is 343 g/mol. The van der Waals surface area contributed by atoms with Crippen LogP contribution in [0.2, 0.25) is 0 Å². The molecule has 0 N–H and O–H groups in total. The van der Waals surface area contributed by atoms with Crippen LogP contribution < -0.4 is 15.0 Å². The number of aromatic nitrogens is 1. The third-order valence-electron chi connectivity index (χ3n) is 3.92. The van der Waals surface area contributed by atoms with Gasteiger partial charge in [-0.2, -0.15) is 0 Å². The zero-order chi connectivity index (χ0) is 17.3. The number of pyridine rings is 1. The first-order valence-electron chi connectivity index (χ1n) is 7.47. The maximum atomic E-state index is 12.5. The molecule has 0 saturated heterocycles. The molecule has 0 aliphatic carbocycles. The number of ether oxygens (including phenoxy) is 2. The molecule has 0 atom stereocenters. The van der Waals surface area contributed by atoms with E-state index in [1.54, 1.807) is 24.9 Å². The molecule has 0 fully saturated rings. The lowest BCUT2D eigenvalue weighted by Gasteiger charge is -2.12. The lowest BCUT2D eigenvalue weighted by atomic mass is 10.1. The van der Waals surface area contributed by atoms with E-state index >= 15 is 0 Å². The topological polar surface area (TPSA) is 57.5 Å². The van der Waals surface area contributed by atoms with Crippen LogP contribution in [0.15, 0.2) is 35.3 Å². The van der Waals surface area contributed by atoms with E-state index in [1.165, 1.54) is 11.3 Å². The summed E-state index contributed by atoms with van der Waals surface area (Å²) in [5, 5.41) is 0.566. The van der Waals surface area contributed by atoms with Crippen LogP contribution in [-0.4, -0.2) is 25.1 Å². The molecule has 0 bridgehead atoms. The quantitative estimate of drug-likeness (QED) is 0.665. The molecule has 1 aromatic carbocycles. The minimum atomic E-state index is -0.0823. The number of carbonyl (C=O) groups excluding carboxylic acids is 1. The number of thiophene rings is 1. The van der Waals surface area contributed by atoms with E-state index in [2.05, 4.69) is 0 Å². The molecule has 0 amide bonds. The molecule has 3 aromatic rings. The number of hydrogen-bond acceptors (Lipinski definition) is 5. The van der Waals surface area contributed by atoms with Crippen molar-refractivity contribution >= 4 is 27.7 Å². The fourth-order valence-corrected chi connectivity index (χ4v) is 3.70. The molecule has 5 nitrogen and oxygen atoms in total. The summed E-state index contributed by atoms with van der Waals surface area (Å²) in [6, 6.07) is 7.28. The molecule has 6 heteroatoms. The van der Waals surface area contributed by atoms with Crippen molar-refractivity contribution in [3.05, 3.63) is 45.7 Å². The molecule has 3 rings (SSSR count). The Morgan fingerprint density at radius 3 is 2.54 bits per heavy atom. The van der Waals surface area contributed by atoms with E-state index in [4.69, 9.17) is 9.47 Å². The van der Waals surface area contributed by atoms with E-state index in [-0.39, 0.29) is 5.56 Å². The monoisotopic (exact) mass is 343 g/mol. The Labute approximate surface area is 143 Å². The summed E-state index contributed by atoms with van der Waals surface area (Å²) >= 11 is 1.32. The second-order valence-corrected chi connectivity index (χ2v) is 6.30.